The highest BCUT2D eigenvalue weighted by atomic mass is 32.1. The first kappa shape index (κ1) is 15.8. The van der Waals surface area contributed by atoms with Gasteiger partial charge in [0.25, 0.3) is 0 Å². The molecule has 2 N–H and O–H groups in total. The van der Waals surface area contributed by atoms with Crippen molar-refractivity contribution in [2.45, 2.75) is 19.0 Å². The third-order valence-electron chi connectivity index (χ3n) is 3.57. The van der Waals surface area contributed by atoms with Crippen LogP contribution < -0.4 is 14.8 Å². The van der Waals surface area contributed by atoms with Gasteiger partial charge in [-0.25, -0.2) is 0 Å². The Kier molecular flexibility index (Phi) is 5.22. The molecular weight excluding hydrogens is 286 g/mol. The lowest BCUT2D eigenvalue weighted by atomic mass is 9.92. The minimum Gasteiger partial charge on any atom is -0.493 e. The average molecular weight is 307 g/mol. The molecular formula is C16H21NO3S. The predicted octanol–water partition coefficient (Wildman–Crippen LogP) is 2.76. The summed E-state index contributed by atoms with van der Waals surface area (Å²) < 4.78 is 10.6. The van der Waals surface area contributed by atoms with Crippen LogP contribution in [0.5, 0.6) is 11.5 Å². The lowest BCUT2D eigenvalue weighted by molar-refractivity contribution is 0.173. The zero-order chi connectivity index (χ0) is 15.3. The molecule has 1 aromatic carbocycles. The fourth-order valence-corrected chi connectivity index (χ4v) is 2.77. The van der Waals surface area contributed by atoms with E-state index in [0.29, 0.717) is 18.0 Å². The van der Waals surface area contributed by atoms with E-state index in [-0.39, 0.29) is 6.61 Å². The Morgan fingerprint density at radius 2 is 1.95 bits per heavy atom. The molecule has 1 atom stereocenters. The summed E-state index contributed by atoms with van der Waals surface area (Å²) in [5.74, 6) is 1.34. The van der Waals surface area contributed by atoms with E-state index in [4.69, 9.17) is 9.47 Å². The van der Waals surface area contributed by atoms with Crippen LogP contribution in [0.1, 0.15) is 17.4 Å². The molecule has 0 aliphatic carbocycles. The van der Waals surface area contributed by atoms with Crippen LogP contribution in [0, 0.1) is 0 Å². The van der Waals surface area contributed by atoms with Crippen LogP contribution in [0.15, 0.2) is 35.7 Å². The molecule has 114 valence electrons. The summed E-state index contributed by atoms with van der Waals surface area (Å²) in [5.41, 5.74) is 0.419. The van der Waals surface area contributed by atoms with Gasteiger partial charge in [-0.3, -0.25) is 0 Å². The fraction of sp³-hybridized carbons (Fsp3) is 0.375. The van der Waals surface area contributed by atoms with Gasteiger partial charge in [0.1, 0.15) is 0 Å². The molecule has 21 heavy (non-hydrogen) atoms. The highest BCUT2D eigenvalue weighted by Crippen LogP contribution is 2.32. The zero-order valence-corrected chi connectivity index (χ0v) is 13.4. The molecule has 0 bridgehead atoms. The van der Waals surface area contributed by atoms with Crippen LogP contribution in [0.25, 0.3) is 0 Å². The van der Waals surface area contributed by atoms with Crippen molar-refractivity contribution in [2.75, 3.05) is 20.8 Å². The van der Waals surface area contributed by atoms with Gasteiger partial charge < -0.3 is 19.9 Å². The predicted molar refractivity (Wildman–Crippen MR) is 85.1 cm³/mol. The molecule has 0 fully saturated rings. The molecule has 0 saturated heterocycles. The van der Waals surface area contributed by atoms with Crippen LogP contribution in [0.2, 0.25) is 0 Å². The standard InChI is InChI=1S/C16H21NO3S/c1-16(11-18,17-10-13-5-4-8-21-13)12-6-7-14(19-2)15(9-12)20-3/h4-9,17-18H,10-11H2,1-3H3. The monoisotopic (exact) mass is 307 g/mol. The zero-order valence-electron chi connectivity index (χ0n) is 12.6. The second kappa shape index (κ2) is 6.93. The molecule has 5 heteroatoms. The highest BCUT2D eigenvalue weighted by Gasteiger charge is 2.26. The Balaban J connectivity index is 2.22. The van der Waals surface area contributed by atoms with Gasteiger partial charge in [-0.15, -0.1) is 11.3 Å². The van der Waals surface area contributed by atoms with Crippen molar-refractivity contribution in [1.82, 2.24) is 5.32 Å². The number of nitrogens with one attached hydrogen (secondary N) is 1. The molecule has 0 aliphatic rings. The molecule has 4 nitrogen and oxygen atoms in total. The Bertz CT molecular complexity index is 571. The molecule has 0 aliphatic heterocycles. The summed E-state index contributed by atoms with van der Waals surface area (Å²) in [4.78, 5) is 1.23. The molecule has 2 rings (SSSR count). The summed E-state index contributed by atoms with van der Waals surface area (Å²) >= 11 is 1.69. The first-order valence-corrected chi connectivity index (χ1v) is 7.61. The third kappa shape index (κ3) is 3.56. The van der Waals surface area contributed by atoms with Crippen LogP contribution in [0.4, 0.5) is 0 Å². The van der Waals surface area contributed by atoms with E-state index >= 15 is 0 Å². The number of aliphatic hydroxyl groups excluding tert-OH is 1. The number of ether oxygens (including phenoxy) is 2. The van der Waals surface area contributed by atoms with Gasteiger partial charge in [0.15, 0.2) is 11.5 Å². The second-order valence-electron chi connectivity index (χ2n) is 4.99. The van der Waals surface area contributed by atoms with Crippen LogP contribution in [-0.4, -0.2) is 25.9 Å². The first-order chi connectivity index (χ1) is 10.1. The van der Waals surface area contributed by atoms with Crippen molar-refractivity contribution in [1.29, 1.82) is 0 Å². The average Bonchev–Trinajstić information content (AvgIpc) is 3.05. The number of benzene rings is 1. The Morgan fingerprint density at radius 1 is 1.19 bits per heavy atom. The van der Waals surface area contributed by atoms with Gasteiger partial charge in [-0.1, -0.05) is 12.1 Å². The van der Waals surface area contributed by atoms with E-state index in [2.05, 4.69) is 11.4 Å². The minimum absolute atomic E-state index is 0.00609. The molecule has 0 amide bonds. The number of aliphatic hydroxyl groups is 1. The summed E-state index contributed by atoms with van der Waals surface area (Å²) in [6.07, 6.45) is 0. The molecule has 2 aromatic rings. The maximum atomic E-state index is 9.83. The number of hydrogen-bond donors (Lipinski definition) is 2. The van der Waals surface area contributed by atoms with Gasteiger partial charge in [-0.05, 0) is 36.1 Å². The van der Waals surface area contributed by atoms with E-state index in [1.165, 1.54) is 4.88 Å². The highest BCUT2D eigenvalue weighted by molar-refractivity contribution is 7.09. The maximum Gasteiger partial charge on any atom is 0.161 e. The van der Waals surface area contributed by atoms with Crippen molar-refractivity contribution in [3.05, 3.63) is 46.2 Å². The van der Waals surface area contributed by atoms with E-state index in [1.807, 2.05) is 36.6 Å². The Morgan fingerprint density at radius 3 is 2.52 bits per heavy atom. The molecule has 0 spiro atoms. The van der Waals surface area contributed by atoms with Crippen LogP contribution in [0.3, 0.4) is 0 Å². The van der Waals surface area contributed by atoms with Crippen LogP contribution >= 0.6 is 11.3 Å². The number of methoxy groups -OCH3 is 2. The van der Waals surface area contributed by atoms with Gasteiger partial charge in [0.2, 0.25) is 0 Å². The third-order valence-corrected chi connectivity index (χ3v) is 4.45. The summed E-state index contributed by atoms with van der Waals surface area (Å²) in [6.45, 7) is 2.68. The largest absolute Gasteiger partial charge is 0.493 e. The number of hydrogen-bond acceptors (Lipinski definition) is 5. The first-order valence-electron chi connectivity index (χ1n) is 6.73. The molecule has 1 aromatic heterocycles. The van der Waals surface area contributed by atoms with E-state index < -0.39 is 5.54 Å². The second-order valence-corrected chi connectivity index (χ2v) is 6.03. The minimum atomic E-state index is -0.538. The summed E-state index contributed by atoms with van der Waals surface area (Å²) in [5, 5.41) is 15.3. The SMILES string of the molecule is COc1ccc(C(C)(CO)NCc2cccs2)cc1OC. The number of rotatable bonds is 7. The van der Waals surface area contributed by atoms with E-state index in [1.54, 1.807) is 25.6 Å². The molecule has 1 unspecified atom stereocenters. The molecule has 0 radical (unpaired) electrons. The van der Waals surface area contributed by atoms with Crippen molar-refractivity contribution >= 4 is 11.3 Å². The Labute approximate surface area is 129 Å². The van der Waals surface area contributed by atoms with Crippen molar-refractivity contribution in [2.24, 2.45) is 0 Å². The topological polar surface area (TPSA) is 50.7 Å². The number of thiophene rings is 1. The smallest absolute Gasteiger partial charge is 0.161 e. The van der Waals surface area contributed by atoms with Crippen molar-refractivity contribution in [3.63, 3.8) is 0 Å². The summed E-state index contributed by atoms with van der Waals surface area (Å²) in [7, 11) is 3.22. The quantitative estimate of drug-likeness (QED) is 0.826. The maximum absolute atomic E-state index is 9.83. The van der Waals surface area contributed by atoms with Gasteiger partial charge in [0, 0.05) is 11.4 Å². The molecule has 0 saturated carbocycles. The Hall–Kier alpha value is -1.56. The van der Waals surface area contributed by atoms with Crippen LogP contribution in [-0.2, 0) is 12.1 Å². The van der Waals surface area contributed by atoms with Gasteiger partial charge >= 0.3 is 0 Å². The fourth-order valence-electron chi connectivity index (χ4n) is 2.12. The van der Waals surface area contributed by atoms with E-state index in [0.717, 1.165) is 5.56 Å². The summed E-state index contributed by atoms with van der Waals surface area (Å²) in [6, 6.07) is 9.79. The van der Waals surface area contributed by atoms with Crippen molar-refractivity contribution < 1.29 is 14.6 Å². The van der Waals surface area contributed by atoms with Gasteiger partial charge in [0.05, 0.1) is 26.4 Å². The van der Waals surface area contributed by atoms with E-state index in [9.17, 15) is 5.11 Å². The lowest BCUT2D eigenvalue weighted by Crippen LogP contribution is -2.42. The van der Waals surface area contributed by atoms with Crippen molar-refractivity contribution in [3.8, 4) is 11.5 Å². The van der Waals surface area contributed by atoms with Gasteiger partial charge in [-0.2, -0.15) is 0 Å². The normalized spacial score (nSPS) is 13.7. The molecule has 1 heterocycles. The lowest BCUT2D eigenvalue weighted by Gasteiger charge is -2.30.